The van der Waals surface area contributed by atoms with Crippen LogP contribution < -0.4 is 16.8 Å². The van der Waals surface area contributed by atoms with E-state index in [4.69, 9.17) is 11.5 Å². The molecule has 98 valence electrons. The van der Waals surface area contributed by atoms with E-state index in [9.17, 15) is 9.59 Å². The minimum atomic E-state index is -0.586. The van der Waals surface area contributed by atoms with Crippen molar-refractivity contribution in [3.05, 3.63) is 10.4 Å². The first-order chi connectivity index (χ1) is 8.50. The maximum atomic E-state index is 11.4. The predicted molar refractivity (Wildman–Crippen MR) is 73.1 cm³/mol. The lowest BCUT2D eigenvalue weighted by Gasteiger charge is -2.12. The number of hydrogen-bond donors (Lipinski definition) is 3. The molecular formula is C12H17N3O2S. The third-order valence-electron chi connectivity index (χ3n) is 3.20. The molecule has 0 bridgehead atoms. The Bertz CT molecular complexity index is 490. The largest absolute Gasteiger partial charge is 0.397 e. The van der Waals surface area contributed by atoms with Crippen molar-refractivity contribution >= 4 is 33.7 Å². The van der Waals surface area contributed by atoms with Gasteiger partial charge in [-0.05, 0) is 12.8 Å². The maximum Gasteiger partial charge on any atom is 0.253 e. The Labute approximate surface area is 110 Å². The van der Waals surface area contributed by atoms with Crippen LogP contribution in [0.5, 0.6) is 0 Å². The number of nitrogens with one attached hydrogen (secondary N) is 1. The van der Waals surface area contributed by atoms with Crippen molar-refractivity contribution in [2.75, 3.05) is 11.1 Å². The van der Waals surface area contributed by atoms with Gasteiger partial charge in [0.1, 0.15) is 5.00 Å². The number of Topliss-reactive ketones (excluding diaryl/α,β-unsaturated/α-hetero) is 1. The van der Waals surface area contributed by atoms with Crippen LogP contribution in [0.1, 0.15) is 52.6 Å². The van der Waals surface area contributed by atoms with E-state index in [1.807, 2.05) is 0 Å². The summed E-state index contributed by atoms with van der Waals surface area (Å²) in [6.07, 6.45) is 4.52. The number of primary amides is 1. The topological polar surface area (TPSA) is 98.2 Å². The van der Waals surface area contributed by atoms with Crippen molar-refractivity contribution in [1.82, 2.24) is 0 Å². The number of carbonyl (C=O) groups excluding carboxylic acids is 2. The molecule has 0 radical (unpaired) electrons. The molecule has 0 unspecified atom stereocenters. The van der Waals surface area contributed by atoms with Gasteiger partial charge in [-0.15, -0.1) is 11.3 Å². The van der Waals surface area contributed by atoms with Gasteiger partial charge in [-0.25, -0.2) is 0 Å². The molecule has 0 aromatic carbocycles. The van der Waals surface area contributed by atoms with E-state index >= 15 is 0 Å². The maximum absolute atomic E-state index is 11.4. The molecule has 0 spiro atoms. The highest BCUT2D eigenvalue weighted by atomic mass is 32.1. The fourth-order valence-corrected chi connectivity index (χ4v) is 3.41. The number of amides is 1. The van der Waals surface area contributed by atoms with Gasteiger partial charge in [0, 0.05) is 13.0 Å². The van der Waals surface area contributed by atoms with Gasteiger partial charge in [0.05, 0.1) is 16.1 Å². The fraction of sp³-hybridized carbons (Fsp3) is 0.500. The van der Waals surface area contributed by atoms with Gasteiger partial charge >= 0.3 is 0 Å². The smallest absolute Gasteiger partial charge is 0.253 e. The average molecular weight is 267 g/mol. The standard InChI is InChI=1S/C12H17N3O2S/c1-6(16)10-9(13)8(11(14)17)12(18-10)15-7-4-2-3-5-7/h7,15H,2-5,13H2,1H3,(H2,14,17). The Balaban J connectivity index is 2.35. The molecule has 0 aliphatic heterocycles. The third-order valence-corrected chi connectivity index (χ3v) is 4.44. The summed E-state index contributed by atoms with van der Waals surface area (Å²) in [5.41, 5.74) is 11.6. The number of anilines is 2. The van der Waals surface area contributed by atoms with Crippen molar-refractivity contribution in [2.24, 2.45) is 5.73 Å². The minimum absolute atomic E-state index is 0.139. The highest BCUT2D eigenvalue weighted by Gasteiger charge is 2.25. The molecule has 5 nitrogen and oxygen atoms in total. The molecule has 1 saturated carbocycles. The Morgan fingerprint density at radius 1 is 1.33 bits per heavy atom. The van der Waals surface area contributed by atoms with Gasteiger partial charge in [0.2, 0.25) is 0 Å². The number of rotatable bonds is 4. The lowest BCUT2D eigenvalue weighted by atomic mass is 10.2. The number of thiophene rings is 1. The summed E-state index contributed by atoms with van der Waals surface area (Å²) >= 11 is 1.22. The van der Waals surface area contributed by atoms with E-state index in [2.05, 4.69) is 5.32 Å². The number of hydrogen-bond acceptors (Lipinski definition) is 5. The molecule has 0 saturated heterocycles. The highest BCUT2D eigenvalue weighted by molar-refractivity contribution is 7.19. The first-order valence-electron chi connectivity index (χ1n) is 6.00. The second-order valence-electron chi connectivity index (χ2n) is 4.60. The van der Waals surface area contributed by atoms with Crippen LogP contribution in [0.2, 0.25) is 0 Å². The molecule has 1 aromatic rings. The van der Waals surface area contributed by atoms with Crippen LogP contribution in [-0.4, -0.2) is 17.7 Å². The second-order valence-corrected chi connectivity index (χ2v) is 5.62. The van der Waals surface area contributed by atoms with E-state index in [0.717, 1.165) is 12.8 Å². The molecule has 18 heavy (non-hydrogen) atoms. The van der Waals surface area contributed by atoms with Gasteiger partial charge in [0.15, 0.2) is 5.78 Å². The Kier molecular flexibility index (Phi) is 3.56. The van der Waals surface area contributed by atoms with E-state index in [1.165, 1.54) is 31.1 Å². The van der Waals surface area contributed by atoms with Crippen LogP contribution in [0, 0.1) is 0 Å². The lowest BCUT2D eigenvalue weighted by Crippen LogP contribution is -2.19. The summed E-state index contributed by atoms with van der Waals surface area (Å²) in [5.74, 6) is -0.726. The predicted octanol–water partition coefficient (Wildman–Crippen LogP) is 1.99. The quantitative estimate of drug-likeness (QED) is 0.726. The summed E-state index contributed by atoms with van der Waals surface area (Å²) in [6.45, 7) is 1.44. The SMILES string of the molecule is CC(=O)c1sc(NC2CCCC2)c(C(N)=O)c1N. The van der Waals surface area contributed by atoms with Gasteiger partial charge in [-0.2, -0.15) is 0 Å². The van der Waals surface area contributed by atoms with Crippen molar-refractivity contribution in [2.45, 2.75) is 38.6 Å². The molecule has 1 aliphatic carbocycles. The van der Waals surface area contributed by atoms with Crippen molar-refractivity contribution < 1.29 is 9.59 Å². The first-order valence-corrected chi connectivity index (χ1v) is 6.82. The lowest BCUT2D eigenvalue weighted by molar-refractivity contribution is 0.100. The number of carbonyl (C=O) groups is 2. The number of ketones is 1. The summed E-state index contributed by atoms with van der Waals surface area (Å²) < 4.78 is 0. The molecule has 1 aromatic heterocycles. The van der Waals surface area contributed by atoms with Crippen molar-refractivity contribution in [1.29, 1.82) is 0 Å². The normalized spacial score (nSPS) is 15.8. The van der Waals surface area contributed by atoms with Crippen molar-refractivity contribution in [3.63, 3.8) is 0 Å². The zero-order valence-electron chi connectivity index (χ0n) is 10.3. The second kappa shape index (κ2) is 4.97. The monoisotopic (exact) mass is 267 g/mol. The van der Waals surface area contributed by atoms with E-state index < -0.39 is 5.91 Å². The van der Waals surface area contributed by atoms with Gasteiger partial charge in [-0.3, -0.25) is 9.59 Å². The van der Waals surface area contributed by atoms with E-state index in [1.54, 1.807) is 0 Å². The zero-order chi connectivity index (χ0) is 13.3. The molecule has 2 rings (SSSR count). The van der Waals surface area contributed by atoms with Crippen LogP contribution in [0.25, 0.3) is 0 Å². The van der Waals surface area contributed by atoms with Crippen LogP contribution in [0.4, 0.5) is 10.7 Å². The summed E-state index contributed by atoms with van der Waals surface area (Å²) in [4.78, 5) is 23.3. The molecule has 0 atom stereocenters. The van der Waals surface area contributed by atoms with Gasteiger partial charge < -0.3 is 16.8 Å². The Morgan fingerprint density at radius 3 is 2.44 bits per heavy atom. The van der Waals surface area contributed by atoms with Crippen LogP contribution in [0.15, 0.2) is 0 Å². The molecule has 6 heteroatoms. The number of nitrogens with two attached hydrogens (primary N) is 2. The van der Waals surface area contributed by atoms with Crippen LogP contribution >= 0.6 is 11.3 Å². The van der Waals surface area contributed by atoms with E-state index in [0.29, 0.717) is 15.9 Å². The molecule has 1 amide bonds. The van der Waals surface area contributed by atoms with E-state index in [-0.39, 0.29) is 17.0 Å². The Hall–Kier alpha value is -1.56. The molecule has 1 aliphatic rings. The van der Waals surface area contributed by atoms with Crippen LogP contribution in [-0.2, 0) is 0 Å². The summed E-state index contributed by atoms with van der Waals surface area (Å²) in [6, 6.07) is 0.348. The average Bonchev–Trinajstić information content (AvgIpc) is 2.86. The summed E-state index contributed by atoms with van der Waals surface area (Å²) in [7, 11) is 0. The molecule has 1 fully saturated rings. The number of nitrogen functional groups attached to an aromatic ring is 1. The van der Waals surface area contributed by atoms with Gasteiger partial charge in [0.25, 0.3) is 5.91 Å². The molecule has 5 N–H and O–H groups in total. The molecule has 1 heterocycles. The minimum Gasteiger partial charge on any atom is -0.397 e. The first kappa shape index (κ1) is 12.9. The molecular weight excluding hydrogens is 250 g/mol. The van der Waals surface area contributed by atoms with Crippen LogP contribution in [0.3, 0.4) is 0 Å². The Morgan fingerprint density at radius 2 is 1.94 bits per heavy atom. The fourth-order valence-electron chi connectivity index (χ4n) is 2.31. The zero-order valence-corrected chi connectivity index (χ0v) is 11.1. The van der Waals surface area contributed by atoms with Crippen molar-refractivity contribution in [3.8, 4) is 0 Å². The third kappa shape index (κ3) is 2.33. The summed E-state index contributed by atoms with van der Waals surface area (Å²) in [5, 5.41) is 3.93. The highest BCUT2D eigenvalue weighted by Crippen LogP contribution is 2.37. The van der Waals surface area contributed by atoms with Gasteiger partial charge in [-0.1, -0.05) is 12.8 Å².